The standard InChI is InChI=1S/C19H28N4O2/c1-13-20-17-5-3-2-4-16(17)18(21-13)23-9-6-15(7-10-23)22-19(24)14-8-11-25-12-14/h14-15H,2-12H2,1H3,(H,22,24)/t14-/m1/s1. The molecule has 2 fully saturated rings. The molecule has 1 amide bonds. The number of hydrogen-bond donors (Lipinski definition) is 1. The molecule has 2 saturated heterocycles. The monoisotopic (exact) mass is 344 g/mol. The topological polar surface area (TPSA) is 67.4 Å². The summed E-state index contributed by atoms with van der Waals surface area (Å²) in [5.41, 5.74) is 2.62. The lowest BCUT2D eigenvalue weighted by molar-refractivity contribution is -0.125. The molecule has 0 saturated carbocycles. The molecule has 1 aromatic rings. The molecular weight excluding hydrogens is 316 g/mol. The van der Waals surface area contributed by atoms with Gasteiger partial charge in [0.25, 0.3) is 0 Å². The summed E-state index contributed by atoms with van der Waals surface area (Å²) in [4.78, 5) is 24.1. The van der Waals surface area contributed by atoms with E-state index >= 15 is 0 Å². The summed E-state index contributed by atoms with van der Waals surface area (Å²) in [7, 11) is 0. The van der Waals surface area contributed by atoms with Gasteiger partial charge in [-0.1, -0.05) is 0 Å². The molecule has 2 aliphatic heterocycles. The Kier molecular flexibility index (Phi) is 4.88. The smallest absolute Gasteiger partial charge is 0.225 e. The van der Waals surface area contributed by atoms with Crippen molar-refractivity contribution in [3.05, 3.63) is 17.1 Å². The number of nitrogens with one attached hydrogen (secondary N) is 1. The molecule has 0 spiro atoms. The van der Waals surface area contributed by atoms with Crippen LogP contribution in [-0.4, -0.2) is 48.2 Å². The van der Waals surface area contributed by atoms with Crippen LogP contribution in [0.15, 0.2) is 0 Å². The Morgan fingerprint density at radius 3 is 2.72 bits per heavy atom. The van der Waals surface area contributed by atoms with Gasteiger partial charge in [-0.2, -0.15) is 0 Å². The van der Waals surface area contributed by atoms with Gasteiger partial charge in [0.1, 0.15) is 11.6 Å². The third kappa shape index (κ3) is 3.64. The van der Waals surface area contributed by atoms with E-state index in [2.05, 4.69) is 15.2 Å². The molecule has 6 nitrogen and oxygen atoms in total. The molecule has 25 heavy (non-hydrogen) atoms. The summed E-state index contributed by atoms with van der Waals surface area (Å²) < 4.78 is 5.32. The first-order valence-electron chi connectivity index (χ1n) is 9.70. The van der Waals surface area contributed by atoms with Crippen LogP contribution in [-0.2, 0) is 22.4 Å². The van der Waals surface area contributed by atoms with Crippen LogP contribution in [0, 0.1) is 12.8 Å². The van der Waals surface area contributed by atoms with Gasteiger partial charge >= 0.3 is 0 Å². The molecule has 3 heterocycles. The number of piperidine rings is 1. The van der Waals surface area contributed by atoms with Gasteiger partial charge in [-0.3, -0.25) is 4.79 Å². The number of rotatable bonds is 3. The number of nitrogens with zero attached hydrogens (tertiary/aromatic N) is 3. The third-order valence-electron chi connectivity index (χ3n) is 5.71. The lowest BCUT2D eigenvalue weighted by atomic mass is 9.95. The van der Waals surface area contributed by atoms with Gasteiger partial charge < -0.3 is 15.0 Å². The van der Waals surface area contributed by atoms with Crippen LogP contribution >= 0.6 is 0 Å². The minimum absolute atomic E-state index is 0.0505. The highest BCUT2D eigenvalue weighted by Gasteiger charge is 2.29. The predicted octanol–water partition coefficient (Wildman–Crippen LogP) is 1.79. The number of carbonyl (C=O) groups is 1. The van der Waals surface area contributed by atoms with Crippen LogP contribution in [0.3, 0.4) is 0 Å². The molecular formula is C19H28N4O2. The van der Waals surface area contributed by atoms with Crippen LogP contribution in [0.1, 0.15) is 49.2 Å². The van der Waals surface area contributed by atoms with Crippen molar-refractivity contribution in [3.8, 4) is 0 Å². The second-order valence-corrected chi connectivity index (χ2v) is 7.56. The summed E-state index contributed by atoms with van der Waals surface area (Å²) in [6.45, 7) is 5.20. The van der Waals surface area contributed by atoms with E-state index in [0.29, 0.717) is 13.2 Å². The number of hydrogen-bond acceptors (Lipinski definition) is 5. The largest absolute Gasteiger partial charge is 0.381 e. The maximum absolute atomic E-state index is 12.3. The zero-order valence-electron chi connectivity index (χ0n) is 15.1. The first-order chi connectivity index (χ1) is 12.2. The number of aromatic nitrogens is 2. The number of ether oxygens (including phenoxy) is 1. The van der Waals surface area contributed by atoms with E-state index in [1.807, 2.05) is 6.92 Å². The van der Waals surface area contributed by atoms with Crippen molar-refractivity contribution >= 4 is 11.7 Å². The van der Waals surface area contributed by atoms with Crippen LogP contribution < -0.4 is 10.2 Å². The van der Waals surface area contributed by atoms with Crippen molar-refractivity contribution in [1.82, 2.24) is 15.3 Å². The molecule has 0 unspecified atom stereocenters. The molecule has 4 rings (SSSR count). The van der Waals surface area contributed by atoms with Crippen LogP contribution in [0.4, 0.5) is 5.82 Å². The van der Waals surface area contributed by atoms with Crippen molar-refractivity contribution < 1.29 is 9.53 Å². The number of amides is 1. The molecule has 1 aromatic heterocycles. The second kappa shape index (κ2) is 7.28. The van der Waals surface area contributed by atoms with E-state index in [-0.39, 0.29) is 17.9 Å². The van der Waals surface area contributed by atoms with Crippen LogP contribution in [0.5, 0.6) is 0 Å². The van der Waals surface area contributed by atoms with E-state index < -0.39 is 0 Å². The minimum Gasteiger partial charge on any atom is -0.381 e. The number of carbonyl (C=O) groups excluding carboxylic acids is 1. The predicted molar refractivity (Wildman–Crippen MR) is 95.7 cm³/mol. The maximum atomic E-state index is 12.3. The molecule has 0 aromatic carbocycles. The van der Waals surface area contributed by atoms with Crippen molar-refractivity contribution in [3.63, 3.8) is 0 Å². The van der Waals surface area contributed by atoms with Gasteiger partial charge in [-0.25, -0.2) is 9.97 Å². The highest BCUT2D eigenvalue weighted by Crippen LogP contribution is 2.29. The molecule has 1 atom stereocenters. The number of aryl methyl sites for hydroxylation is 2. The number of anilines is 1. The lowest BCUT2D eigenvalue weighted by Gasteiger charge is -2.35. The van der Waals surface area contributed by atoms with E-state index in [1.54, 1.807) is 0 Å². The average Bonchev–Trinajstić information content (AvgIpc) is 3.16. The highest BCUT2D eigenvalue weighted by atomic mass is 16.5. The molecule has 0 radical (unpaired) electrons. The molecule has 6 heteroatoms. The zero-order valence-corrected chi connectivity index (χ0v) is 15.1. The molecule has 1 aliphatic carbocycles. The fraction of sp³-hybridized carbons (Fsp3) is 0.737. The minimum atomic E-state index is 0.0505. The summed E-state index contributed by atoms with van der Waals surface area (Å²) in [5, 5.41) is 3.23. The average molecular weight is 344 g/mol. The Bertz CT molecular complexity index is 635. The van der Waals surface area contributed by atoms with Crippen molar-refractivity contribution in [1.29, 1.82) is 0 Å². The van der Waals surface area contributed by atoms with Crippen LogP contribution in [0.25, 0.3) is 0 Å². The van der Waals surface area contributed by atoms with Gasteiger partial charge in [0.2, 0.25) is 5.91 Å². The molecule has 0 bridgehead atoms. The number of fused-ring (bicyclic) bond motifs is 1. The molecule has 136 valence electrons. The van der Waals surface area contributed by atoms with Gasteiger partial charge in [-0.05, 0) is 51.9 Å². The summed E-state index contributed by atoms with van der Waals surface area (Å²) in [6.07, 6.45) is 7.49. The Balaban J connectivity index is 1.39. The normalized spacial score (nSPS) is 24.2. The lowest BCUT2D eigenvalue weighted by Crippen LogP contribution is -2.47. The quantitative estimate of drug-likeness (QED) is 0.905. The van der Waals surface area contributed by atoms with Gasteiger partial charge in [-0.15, -0.1) is 0 Å². The highest BCUT2D eigenvalue weighted by molar-refractivity contribution is 5.79. The van der Waals surface area contributed by atoms with Gasteiger partial charge in [0, 0.05) is 37.0 Å². The summed E-state index contributed by atoms with van der Waals surface area (Å²) in [6, 6.07) is 0.281. The van der Waals surface area contributed by atoms with Gasteiger partial charge in [0.05, 0.1) is 12.5 Å². The fourth-order valence-corrected chi connectivity index (χ4v) is 4.25. The summed E-state index contributed by atoms with van der Waals surface area (Å²) >= 11 is 0. The molecule has 1 N–H and O–H groups in total. The van der Waals surface area contributed by atoms with Gasteiger partial charge in [0.15, 0.2) is 0 Å². The van der Waals surface area contributed by atoms with E-state index in [9.17, 15) is 4.79 Å². The Hall–Kier alpha value is -1.69. The SMILES string of the molecule is Cc1nc2c(c(N3CCC(NC(=O)[C@@H]4CCOC4)CC3)n1)CCCC2. The van der Waals surface area contributed by atoms with Crippen molar-refractivity contribution in [2.24, 2.45) is 5.92 Å². The van der Waals surface area contributed by atoms with E-state index in [1.165, 1.54) is 24.1 Å². The molecule has 3 aliphatic rings. The third-order valence-corrected chi connectivity index (χ3v) is 5.71. The Labute approximate surface area is 149 Å². The van der Waals surface area contributed by atoms with Crippen LogP contribution in [0.2, 0.25) is 0 Å². The van der Waals surface area contributed by atoms with E-state index in [0.717, 1.165) is 56.8 Å². The fourth-order valence-electron chi connectivity index (χ4n) is 4.25. The Morgan fingerprint density at radius 1 is 1.16 bits per heavy atom. The Morgan fingerprint density at radius 2 is 1.96 bits per heavy atom. The first-order valence-corrected chi connectivity index (χ1v) is 9.70. The maximum Gasteiger partial charge on any atom is 0.225 e. The second-order valence-electron chi connectivity index (χ2n) is 7.56. The van der Waals surface area contributed by atoms with E-state index in [4.69, 9.17) is 9.72 Å². The van der Waals surface area contributed by atoms with Crippen molar-refractivity contribution in [2.75, 3.05) is 31.2 Å². The summed E-state index contributed by atoms with van der Waals surface area (Å²) in [5.74, 6) is 2.25. The van der Waals surface area contributed by atoms with Crippen molar-refractivity contribution in [2.45, 2.75) is 57.9 Å². The first kappa shape index (κ1) is 16.8. The zero-order chi connectivity index (χ0) is 17.2.